The summed E-state index contributed by atoms with van der Waals surface area (Å²) in [6.45, 7) is 11.4. The van der Waals surface area contributed by atoms with Crippen LogP contribution in [0.15, 0.2) is 0 Å². The minimum absolute atomic E-state index is 0.250. The Bertz CT molecular complexity index is 323. The number of amides is 1. The molecule has 1 aliphatic rings. The van der Waals surface area contributed by atoms with E-state index in [0.717, 1.165) is 39.0 Å². The second-order valence-electron chi connectivity index (χ2n) is 6.56. The molecule has 0 bridgehead atoms. The molecule has 0 aromatic carbocycles. The zero-order valence-corrected chi connectivity index (χ0v) is 14.3. The maximum absolute atomic E-state index is 11.7. The Kier molecular flexibility index (Phi) is 7.63. The summed E-state index contributed by atoms with van der Waals surface area (Å²) in [4.78, 5) is 16.6. The molecule has 0 aromatic heterocycles. The van der Waals surface area contributed by atoms with E-state index in [1.54, 1.807) is 0 Å². The molecule has 2 atom stereocenters. The second kappa shape index (κ2) is 8.71. The molecule has 1 aliphatic heterocycles. The second-order valence-corrected chi connectivity index (χ2v) is 6.56. The normalized spacial score (nSPS) is 22.6. The molecule has 1 rings (SSSR count). The van der Waals surface area contributed by atoms with Gasteiger partial charge in [-0.3, -0.25) is 9.69 Å². The van der Waals surface area contributed by atoms with Crippen molar-refractivity contribution in [1.29, 1.82) is 0 Å². The van der Waals surface area contributed by atoms with E-state index in [9.17, 15) is 4.79 Å². The lowest BCUT2D eigenvalue weighted by atomic mass is 9.96. The van der Waals surface area contributed by atoms with E-state index >= 15 is 0 Å². The molecule has 3 N–H and O–H groups in total. The largest absolute Gasteiger partial charge is 0.368 e. The van der Waals surface area contributed by atoms with Gasteiger partial charge in [-0.25, -0.2) is 0 Å². The van der Waals surface area contributed by atoms with E-state index in [4.69, 9.17) is 5.73 Å². The van der Waals surface area contributed by atoms with Gasteiger partial charge in [-0.1, -0.05) is 13.8 Å². The third-order valence-electron chi connectivity index (χ3n) is 4.73. The van der Waals surface area contributed by atoms with Crippen molar-refractivity contribution in [1.82, 2.24) is 15.1 Å². The average Bonchev–Trinajstić information content (AvgIpc) is 2.89. The summed E-state index contributed by atoms with van der Waals surface area (Å²) in [6, 6.07) is 0.670. The first kappa shape index (κ1) is 18.4. The van der Waals surface area contributed by atoms with Crippen LogP contribution < -0.4 is 11.1 Å². The summed E-state index contributed by atoms with van der Waals surface area (Å²) >= 11 is 0. The highest BCUT2D eigenvalue weighted by atomic mass is 16.1. The Morgan fingerprint density at radius 1 is 1.48 bits per heavy atom. The van der Waals surface area contributed by atoms with Crippen LogP contribution in [0.2, 0.25) is 0 Å². The number of carbonyl (C=O) groups excluding carboxylic acids is 1. The van der Waals surface area contributed by atoms with Crippen molar-refractivity contribution in [3.05, 3.63) is 0 Å². The van der Waals surface area contributed by atoms with Gasteiger partial charge < -0.3 is 16.0 Å². The molecule has 1 saturated heterocycles. The highest BCUT2D eigenvalue weighted by molar-refractivity contribution is 5.84. The zero-order chi connectivity index (χ0) is 15.9. The maximum Gasteiger partial charge on any atom is 0.237 e. The lowest BCUT2D eigenvalue weighted by molar-refractivity contribution is -0.124. The van der Waals surface area contributed by atoms with E-state index in [0.29, 0.717) is 6.04 Å². The Hall–Kier alpha value is -0.650. The van der Waals surface area contributed by atoms with E-state index in [-0.39, 0.29) is 5.91 Å². The van der Waals surface area contributed by atoms with Gasteiger partial charge in [0.1, 0.15) is 0 Å². The smallest absolute Gasteiger partial charge is 0.237 e. The van der Waals surface area contributed by atoms with Crippen LogP contribution in [-0.2, 0) is 4.79 Å². The van der Waals surface area contributed by atoms with Crippen molar-refractivity contribution >= 4 is 5.91 Å². The highest BCUT2D eigenvalue weighted by Gasteiger charge is 2.31. The Morgan fingerprint density at radius 2 is 2.19 bits per heavy atom. The number of primary amides is 1. The summed E-state index contributed by atoms with van der Waals surface area (Å²) in [5.41, 5.74) is 4.98. The van der Waals surface area contributed by atoms with Crippen LogP contribution in [0.25, 0.3) is 0 Å². The molecule has 5 heteroatoms. The summed E-state index contributed by atoms with van der Waals surface area (Å²) in [7, 11) is 2.15. The molecule has 0 saturated carbocycles. The Balaban J connectivity index is 2.42. The number of rotatable bonds is 10. The molecular weight excluding hydrogens is 264 g/mol. The fourth-order valence-electron chi connectivity index (χ4n) is 3.08. The van der Waals surface area contributed by atoms with Gasteiger partial charge in [0.05, 0.1) is 5.54 Å². The quantitative estimate of drug-likeness (QED) is 0.632. The van der Waals surface area contributed by atoms with Crippen LogP contribution in [0.5, 0.6) is 0 Å². The molecule has 2 unspecified atom stereocenters. The van der Waals surface area contributed by atoms with Crippen molar-refractivity contribution in [2.75, 3.05) is 39.8 Å². The molecule has 124 valence electrons. The third-order valence-corrected chi connectivity index (χ3v) is 4.73. The summed E-state index contributed by atoms with van der Waals surface area (Å²) in [5.74, 6) is -0.250. The first-order chi connectivity index (χ1) is 9.92. The summed E-state index contributed by atoms with van der Waals surface area (Å²) in [5, 5.41) is 3.30. The van der Waals surface area contributed by atoms with Crippen LogP contribution in [0.1, 0.15) is 46.5 Å². The summed E-state index contributed by atoms with van der Waals surface area (Å²) < 4.78 is 0. The Morgan fingerprint density at radius 3 is 2.76 bits per heavy atom. The number of nitrogens with zero attached hydrogens (tertiary/aromatic N) is 2. The zero-order valence-electron chi connectivity index (χ0n) is 14.3. The fraction of sp³-hybridized carbons (Fsp3) is 0.938. The number of likely N-dealkylation sites (tertiary alicyclic amines) is 1. The van der Waals surface area contributed by atoms with Crippen molar-refractivity contribution < 1.29 is 4.79 Å². The molecule has 21 heavy (non-hydrogen) atoms. The number of nitrogens with two attached hydrogens (primary N) is 1. The van der Waals surface area contributed by atoms with Gasteiger partial charge in [0.2, 0.25) is 5.91 Å². The van der Waals surface area contributed by atoms with Gasteiger partial charge in [-0.2, -0.15) is 0 Å². The van der Waals surface area contributed by atoms with Crippen molar-refractivity contribution in [3.8, 4) is 0 Å². The standard InChI is InChI=1S/C16H34N4O/c1-5-10-18-16(3,15(17)21)9-12-19(4)13-14-8-7-11-20(14)6-2/h14,18H,5-13H2,1-4H3,(H2,17,21). The van der Waals surface area contributed by atoms with E-state index in [1.807, 2.05) is 6.92 Å². The van der Waals surface area contributed by atoms with Crippen LogP contribution in [0.3, 0.4) is 0 Å². The van der Waals surface area contributed by atoms with E-state index in [2.05, 4.69) is 36.0 Å². The van der Waals surface area contributed by atoms with E-state index < -0.39 is 5.54 Å². The molecule has 1 fully saturated rings. The minimum atomic E-state index is -0.593. The van der Waals surface area contributed by atoms with Crippen LogP contribution in [0, 0.1) is 0 Å². The predicted molar refractivity (Wildman–Crippen MR) is 88.3 cm³/mol. The predicted octanol–water partition coefficient (Wildman–Crippen LogP) is 1.04. The van der Waals surface area contributed by atoms with Gasteiger partial charge in [0.25, 0.3) is 0 Å². The van der Waals surface area contributed by atoms with Gasteiger partial charge in [-0.05, 0) is 59.3 Å². The first-order valence-corrected chi connectivity index (χ1v) is 8.40. The summed E-state index contributed by atoms with van der Waals surface area (Å²) in [6.07, 6.45) is 4.37. The van der Waals surface area contributed by atoms with Crippen molar-refractivity contribution in [3.63, 3.8) is 0 Å². The number of carbonyl (C=O) groups is 1. The SMILES string of the molecule is CCCNC(C)(CCN(C)CC1CCCN1CC)C(N)=O. The van der Waals surface area contributed by atoms with Crippen molar-refractivity contribution in [2.45, 2.75) is 58.0 Å². The number of hydrogen-bond donors (Lipinski definition) is 2. The van der Waals surface area contributed by atoms with Crippen LogP contribution >= 0.6 is 0 Å². The Labute approximate surface area is 130 Å². The molecule has 5 nitrogen and oxygen atoms in total. The van der Waals surface area contributed by atoms with E-state index in [1.165, 1.54) is 19.4 Å². The van der Waals surface area contributed by atoms with Gasteiger partial charge in [0.15, 0.2) is 0 Å². The molecule has 0 aliphatic carbocycles. The molecule has 0 radical (unpaired) electrons. The minimum Gasteiger partial charge on any atom is -0.368 e. The van der Waals surface area contributed by atoms with Gasteiger partial charge in [-0.15, -0.1) is 0 Å². The maximum atomic E-state index is 11.7. The molecular formula is C16H34N4O. The average molecular weight is 298 g/mol. The fourth-order valence-corrected chi connectivity index (χ4v) is 3.08. The van der Waals surface area contributed by atoms with Gasteiger partial charge >= 0.3 is 0 Å². The lowest BCUT2D eigenvalue weighted by Gasteiger charge is -2.32. The third kappa shape index (κ3) is 5.57. The van der Waals surface area contributed by atoms with Crippen LogP contribution in [0.4, 0.5) is 0 Å². The van der Waals surface area contributed by atoms with Crippen molar-refractivity contribution in [2.24, 2.45) is 5.73 Å². The lowest BCUT2D eigenvalue weighted by Crippen LogP contribution is -2.55. The molecule has 0 aromatic rings. The number of hydrogen-bond acceptors (Lipinski definition) is 4. The monoisotopic (exact) mass is 298 g/mol. The molecule has 1 heterocycles. The number of likely N-dealkylation sites (N-methyl/N-ethyl adjacent to an activating group) is 2. The number of nitrogens with one attached hydrogen (secondary N) is 1. The molecule has 0 spiro atoms. The highest BCUT2D eigenvalue weighted by Crippen LogP contribution is 2.18. The topological polar surface area (TPSA) is 61.6 Å². The first-order valence-electron chi connectivity index (χ1n) is 8.40. The molecule has 1 amide bonds. The van der Waals surface area contributed by atoms with Crippen LogP contribution in [-0.4, -0.2) is 67.1 Å². The van der Waals surface area contributed by atoms with Gasteiger partial charge in [0, 0.05) is 19.1 Å².